The highest BCUT2D eigenvalue weighted by molar-refractivity contribution is 8.00. The van der Waals surface area contributed by atoms with E-state index in [2.05, 4.69) is 40.5 Å². The van der Waals surface area contributed by atoms with Gasteiger partial charge in [-0.3, -0.25) is 4.79 Å². The molecule has 1 saturated heterocycles. The summed E-state index contributed by atoms with van der Waals surface area (Å²) >= 11 is 1.49. The highest BCUT2D eigenvalue weighted by Crippen LogP contribution is 2.26. The van der Waals surface area contributed by atoms with Gasteiger partial charge in [-0.2, -0.15) is 0 Å². The van der Waals surface area contributed by atoms with Gasteiger partial charge < -0.3 is 9.47 Å². The lowest BCUT2D eigenvalue weighted by molar-refractivity contribution is -0.131. The number of rotatable bonds is 5. The second-order valence-electron chi connectivity index (χ2n) is 6.81. The number of benzene rings is 1. The molecular weight excluding hydrogens is 332 g/mol. The first-order chi connectivity index (χ1) is 12.0. The molecule has 1 aliphatic rings. The molecule has 134 valence electrons. The summed E-state index contributed by atoms with van der Waals surface area (Å²) in [5, 5.41) is 8.88. The molecule has 0 bridgehead atoms. The molecule has 2 aromatic rings. The van der Waals surface area contributed by atoms with Crippen LogP contribution >= 0.6 is 11.8 Å². The van der Waals surface area contributed by atoms with Crippen molar-refractivity contribution in [2.75, 3.05) is 13.1 Å². The Morgan fingerprint density at radius 3 is 2.52 bits per heavy atom. The van der Waals surface area contributed by atoms with Crippen molar-refractivity contribution in [3.05, 3.63) is 41.7 Å². The number of thioether (sulfide) groups is 1. The lowest BCUT2D eigenvalue weighted by atomic mass is 9.90. The van der Waals surface area contributed by atoms with E-state index < -0.39 is 0 Å². The van der Waals surface area contributed by atoms with E-state index in [9.17, 15) is 4.79 Å². The van der Waals surface area contributed by atoms with Crippen molar-refractivity contribution >= 4 is 17.7 Å². The van der Waals surface area contributed by atoms with Gasteiger partial charge in [-0.15, -0.1) is 10.2 Å². The zero-order chi connectivity index (χ0) is 17.8. The van der Waals surface area contributed by atoms with Gasteiger partial charge in [0, 0.05) is 20.1 Å². The average Bonchev–Trinajstić information content (AvgIpc) is 2.94. The molecule has 0 saturated carbocycles. The van der Waals surface area contributed by atoms with Crippen LogP contribution < -0.4 is 0 Å². The Hall–Kier alpha value is -1.82. The summed E-state index contributed by atoms with van der Waals surface area (Å²) in [5.41, 5.74) is 1.40. The molecule has 1 amide bonds. The largest absolute Gasteiger partial charge is 0.342 e. The molecule has 0 radical (unpaired) electrons. The zero-order valence-corrected chi connectivity index (χ0v) is 16.0. The number of hydrogen-bond donors (Lipinski definition) is 0. The number of piperidine rings is 1. The number of carbonyl (C=O) groups excluding carboxylic acids is 1. The van der Waals surface area contributed by atoms with Crippen LogP contribution in [0.2, 0.25) is 0 Å². The summed E-state index contributed by atoms with van der Waals surface area (Å²) in [6, 6.07) is 10.6. The van der Waals surface area contributed by atoms with E-state index in [-0.39, 0.29) is 11.2 Å². The quantitative estimate of drug-likeness (QED) is 0.771. The highest BCUT2D eigenvalue weighted by Gasteiger charge is 2.27. The molecule has 1 atom stereocenters. The summed E-state index contributed by atoms with van der Waals surface area (Å²) in [5.74, 6) is 1.75. The summed E-state index contributed by atoms with van der Waals surface area (Å²) in [6.45, 7) is 5.60. The van der Waals surface area contributed by atoms with Gasteiger partial charge in [0.2, 0.25) is 5.91 Å². The van der Waals surface area contributed by atoms with E-state index >= 15 is 0 Å². The van der Waals surface area contributed by atoms with Gasteiger partial charge in [-0.05, 0) is 44.6 Å². The number of carbonyl (C=O) groups is 1. The normalized spacial score (nSPS) is 16.8. The monoisotopic (exact) mass is 358 g/mol. The fourth-order valence-electron chi connectivity index (χ4n) is 3.26. The van der Waals surface area contributed by atoms with E-state index in [1.165, 1.54) is 17.3 Å². The second-order valence-corrected chi connectivity index (χ2v) is 8.12. The van der Waals surface area contributed by atoms with Crippen LogP contribution in [0.1, 0.15) is 31.2 Å². The van der Waals surface area contributed by atoms with Crippen LogP contribution in [0.5, 0.6) is 0 Å². The Kier molecular flexibility index (Phi) is 5.78. The maximum Gasteiger partial charge on any atom is 0.235 e. The number of aromatic nitrogens is 3. The standard InChI is InChI=1S/C19H26N4OS/c1-14(25-19-21-20-15(2)22(19)3)18(24)23-11-9-17(10-12-23)13-16-7-5-4-6-8-16/h4-8,14,17H,9-13H2,1-3H3/t14-/m0/s1. The van der Waals surface area contributed by atoms with Crippen molar-refractivity contribution in [2.24, 2.45) is 13.0 Å². The molecule has 25 heavy (non-hydrogen) atoms. The minimum atomic E-state index is -0.132. The Morgan fingerprint density at radius 2 is 1.92 bits per heavy atom. The molecule has 0 aliphatic carbocycles. The predicted molar refractivity (Wildman–Crippen MR) is 101 cm³/mol. The van der Waals surface area contributed by atoms with Crippen molar-refractivity contribution in [2.45, 2.75) is 43.5 Å². The van der Waals surface area contributed by atoms with Crippen molar-refractivity contribution in [1.82, 2.24) is 19.7 Å². The van der Waals surface area contributed by atoms with Gasteiger partial charge in [0.05, 0.1) is 5.25 Å². The molecule has 1 fully saturated rings. The fraction of sp³-hybridized carbons (Fsp3) is 0.526. The zero-order valence-electron chi connectivity index (χ0n) is 15.2. The van der Waals surface area contributed by atoms with Gasteiger partial charge in [-0.25, -0.2) is 0 Å². The van der Waals surface area contributed by atoms with Gasteiger partial charge >= 0.3 is 0 Å². The number of amides is 1. The lowest BCUT2D eigenvalue weighted by Gasteiger charge is -2.33. The van der Waals surface area contributed by atoms with E-state index in [1.807, 2.05) is 30.4 Å². The highest BCUT2D eigenvalue weighted by atomic mass is 32.2. The van der Waals surface area contributed by atoms with Gasteiger partial charge in [0.25, 0.3) is 0 Å². The maximum atomic E-state index is 12.7. The number of likely N-dealkylation sites (tertiary alicyclic amines) is 1. The number of nitrogens with zero attached hydrogens (tertiary/aromatic N) is 4. The first kappa shape index (κ1) is 18.0. The fourth-order valence-corrected chi connectivity index (χ4v) is 4.21. The average molecular weight is 359 g/mol. The molecule has 1 aromatic carbocycles. The SMILES string of the molecule is Cc1nnc(S[C@@H](C)C(=O)N2CCC(Cc3ccccc3)CC2)n1C. The van der Waals surface area contributed by atoms with Crippen LogP contribution in [0.15, 0.2) is 35.5 Å². The Labute approximate surface area is 153 Å². The summed E-state index contributed by atoms with van der Waals surface area (Å²) in [7, 11) is 1.93. The molecular formula is C19H26N4OS. The molecule has 0 N–H and O–H groups in total. The minimum absolute atomic E-state index is 0.132. The van der Waals surface area contributed by atoms with Crippen LogP contribution in [-0.4, -0.2) is 43.9 Å². The van der Waals surface area contributed by atoms with Crippen molar-refractivity contribution in [3.8, 4) is 0 Å². The maximum absolute atomic E-state index is 12.7. The summed E-state index contributed by atoms with van der Waals surface area (Å²) in [6.07, 6.45) is 3.29. The van der Waals surface area contributed by atoms with E-state index in [0.717, 1.165) is 43.3 Å². The smallest absolute Gasteiger partial charge is 0.235 e. The van der Waals surface area contributed by atoms with Gasteiger partial charge in [-0.1, -0.05) is 42.1 Å². The van der Waals surface area contributed by atoms with E-state index in [4.69, 9.17) is 0 Å². The van der Waals surface area contributed by atoms with Gasteiger partial charge in [0.1, 0.15) is 5.82 Å². The summed E-state index contributed by atoms with van der Waals surface area (Å²) in [4.78, 5) is 14.7. The molecule has 1 aliphatic heterocycles. The predicted octanol–water partition coefficient (Wildman–Crippen LogP) is 3.09. The first-order valence-corrected chi connectivity index (χ1v) is 9.78. The third kappa shape index (κ3) is 4.42. The third-order valence-corrected chi connectivity index (χ3v) is 6.10. The van der Waals surface area contributed by atoms with Crippen LogP contribution in [-0.2, 0) is 18.3 Å². The third-order valence-electron chi connectivity index (χ3n) is 4.98. The minimum Gasteiger partial charge on any atom is -0.342 e. The van der Waals surface area contributed by atoms with Gasteiger partial charge in [0.15, 0.2) is 5.16 Å². The first-order valence-electron chi connectivity index (χ1n) is 8.90. The Balaban J connectivity index is 1.50. The second kappa shape index (κ2) is 8.04. The van der Waals surface area contributed by atoms with E-state index in [0.29, 0.717) is 5.92 Å². The molecule has 2 heterocycles. The van der Waals surface area contributed by atoms with Crippen molar-refractivity contribution in [1.29, 1.82) is 0 Å². The van der Waals surface area contributed by atoms with Crippen LogP contribution in [0.25, 0.3) is 0 Å². The number of hydrogen-bond acceptors (Lipinski definition) is 4. The lowest BCUT2D eigenvalue weighted by Crippen LogP contribution is -2.42. The van der Waals surface area contributed by atoms with Crippen molar-refractivity contribution in [3.63, 3.8) is 0 Å². The molecule has 0 unspecified atom stereocenters. The number of aryl methyl sites for hydroxylation is 1. The Bertz CT molecular complexity index is 707. The molecule has 0 spiro atoms. The van der Waals surface area contributed by atoms with Crippen LogP contribution in [0, 0.1) is 12.8 Å². The molecule has 3 rings (SSSR count). The van der Waals surface area contributed by atoms with Crippen LogP contribution in [0.3, 0.4) is 0 Å². The molecule has 5 nitrogen and oxygen atoms in total. The molecule has 1 aromatic heterocycles. The Morgan fingerprint density at radius 1 is 1.24 bits per heavy atom. The van der Waals surface area contributed by atoms with Crippen LogP contribution in [0.4, 0.5) is 0 Å². The van der Waals surface area contributed by atoms with E-state index in [1.54, 1.807) is 0 Å². The topological polar surface area (TPSA) is 51.0 Å². The molecule has 6 heteroatoms. The van der Waals surface area contributed by atoms with Crippen molar-refractivity contribution < 1.29 is 4.79 Å². The summed E-state index contributed by atoms with van der Waals surface area (Å²) < 4.78 is 1.93.